The fourth-order valence-electron chi connectivity index (χ4n) is 0.879. The van der Waals surface area contributed by atoms with Gasteiger partial charge in [-0.05, 0) is 30.3 Å². The van der Waals surface area contributed by atoms with Gasteiger partial charge in [-0.15, -0.1) is 0 Å². The molecule has 0 N–H and O–H groups in total. The molecule has 0 radical (unpaired) electrons. The third-order valence-electron chi connectivity index (χ3n) is 1.61. The second-order valence-corrected chi connectivity index (χ2v) is 2.95. The summed E-state index contributed by atoms with van der Waals surface area (Å²) in [5.41, 5.74) is 0. The smallest absolute Gasteiger partial charge is 0.115 e. The van der Waals surface area contributed by atoms with Crippen LogP contribution in [0.1, 0.15) is 0 Å². The number of rotatable bonds is 0. The first kappa shape index (κ1) is 13.4. The van der Waals surface area contributed by atoms with Crippen molar-refractivity contribution in [3.8, 4) is 0 Å². The van der Waals surface area contributed by atoms with E-state index in [4.69, 9.17) is 0 Å². The van der Waals surface area contributed by atoms with Crippen LogP contribution < -0.4 is 0 Å². The Hall–Kier alpha value is -2.62. The molecule has 3 rings (SSSR count). The Balaban J connectivity index is 0.000000135. The maximum Gasteiger partial charge on any atom is 0.115 e. The summed E-state index contributed by atoms with van der Waals surface area (Å²) in [5, 5.41) is 0. The molecule has 0 fully saturated rings. The molecule has 0 saturated carbocycles. The van der Waals surface area contributed by atoms with E-state index in [2.05, 4.69) is 19.9 Å². The highest BCUT2D eigenvalue weighted by Crippen LogP contribution is 1.74. The number of nitrogens with zero attached hydrogens (tertiary/aromatic N) is 4. The summed E-state index contributed by atoms with van der Waals surface area (Å²) in [5.74, 6) is 0. The minimum Gasteiger partial charge on any atom is -0.265 e. The summed E-state index contributed by atoms with van der Waals surface area (Å²) < 4.78 is 0. The molecule has 0 aromatic carbocycles. The lowest BCUT2D eigenvalue weighted by molar-refractivity contribution is 1.17. The van der Waals surface area contributed by atoms with Crippen LogP contribution in [0.5, 0.6) is 0 Å². The molecular weight excluding hydrogens is 224 g/mol. The van der Waals surface area contributed by atoms with Gasteiger partial charge in [-0.25, -0.2) is 9.97 Å². The monoisotopic (exact) mass is 238 g/mol. The van der Waals surface area contributed by atoms with Gasteiger partial charge in [0.25, 0.3) is 0 Å². The first-order chi connectivity index (χ1) is 9.00. The van der Waals surface area contributed by atoms with Crippen molar-refractivity contribution in [1.82, 2.24) is 19.9 Å². The third kappa shape index (κ3) is 8.67. The van der Waals surface area contributed by atoms with Crippen LogP contribution in [0.4, 0.5) is 0 Å². The zero-order chi connectivity index (χ0) is 12.7. The van der Waals surface area contributed by atoms with Gasteiger partial charge in [-0.1, -0.05) is 12.1 Å². The van der Waals surface area contributed by atoms with Gasteiger partial charge in [-0.2, -0.15) is 0 Å². The highest BCUT2D eigenvalue weighted by Gasteiger charge is 1.59. The van der Waals surface area contributed by atoms with E-state index in [9.17, 15) is 0 Å². The summed E-state index contributed by atoms with van der Waals surface area (Å²) in [6.07, 6.45) is 11.9. The molecule has 0 aliphatic carbocycles. The summed E-state index contributed by atoms with van der Waals surface area (Å²) in [6.45, 7) is 0. The molecule has 90 valence electrons. The van der Waals surface area contributed by atoms with Gasteiger partial charge in [0.15, 0.2) is 0 Å². The van der Waals surface area contributed by atoms with E-state index in [1.165, 1.54) is 6.33 Å². The lowest BCUT2D eigenvalue weighted by atomic mass is 10.5. The molecule has 3 heterocycles. The molecule has 0 atom stereocenters. The van der Waals surface area contributed by atoms with E-state index in [1.54, 1.807) is 43.2 Å². The highest BCUT2D eigenvalue weighted by atomic mass is 14.8. The third-order valence-corrected chi connectivity index (χ3v) is 1.61. The minimum absolute atomic E-state index is 1.50. The Morgan fingerprint density at radius 1 is 0.333 bits per heavy atom. The van der Waals surface area contributed by atoms with E-state index in [0.29, 0.717) is 0 Å². The standard InChI is InChI=1S/2C5H5N.C4H4N2/c2*1-2-4-6-5-3-1;1-2-5-4-6-3-1/h2*1-5H;1-4H. The van der Waals surface area contributed by atoms with Crippen molar-refractivity contribution in [3.63, 3.8) is 0 Å². The average molecular weight is 238 g/mol. The van der Waals surface area contributed by atoms with Crippen LogP contribution in [0, 0.1) is 0 Å². The molecule has 0 unspecified atom stereocenters. The predicted molar refractivity (Wildman–Crippen MR) is 70.5 cm³/mol. The largest absolute Gasteiger partial charge is 0.265 e. The Kier molecular flexibility index (Phi) is 8.13. The number of aromatic nitrogens is 4. The van der Waals surface area contributed by atoms with Gasteiger partial charge in [0.2, 0.25) is 0 Å². The van der Waals surface area contributed by atoms with Crippen LogP contribution in [-0.4, -0.2) is 19.9 Å². The lowest BCUT2D eigenvalue weighted by Crippen LogP contribution is -1.66. The van der Waals surface area contributed by atoms with Crippen molar-refractivity contribution < 1.29 is 0 Å². The van der Waals surface area contributed by atoms with E-state index >= 15 is 0 Å². The van der Waals surface area contributed by atoms with Gasteiger partial charge >= 0.3 is 0 Å². The molecule has 4 heteroatoms. The minimum atomic E-state index is 1.50. The molecule has 3 aromatic heterocycles. The maximum atomic E-state index is 3.78. The molecular formula is C14H14N4. The van der Waals surface area contributed by atoms with Crippen LogP contribution in [0.25, 0.3) is 0 Å². The molecule has 0 spiro atoms. The second kappa shape index (κ2) is 10.9. The van der Waals surface area contributed by atoms with Gasteiger partial charge in [0.1, 0.15) is 6.33 Å². The summed E-state index contributed by atoms with van der Waals surface area (Å²) in [6, 6.07) is 13.2. The molecule has 0 bridgehead atoms. The molecule has 0 aliphatic heterocycles. The van der Waals surface area contributed by atoms with Crippen LogP contribution in [0.2, 0.25) is 0 Å². The fraction of sp³-hybridized carbons (Fsp3) is 0. The summed E-state index contributed by atoms with van der Waals surface area (Å²) in [4.78, 5) is 14.9. The normalized spacial score (nSPS) is 8.00. The second-order valence-electron chi connectivity index (χ2n) is 2.95. The molecule has 0 saturated heterocycles. The SMILES string of the molecule is c1ccncc1.c1ccncc1.c1cncnc1. The lowest BCUT2D eigenvalue weighted by Gasteiger charge is -1.70. The zero-order valence-corrected chi connectivity index (χ0v) is 9.87. The highest BCUT2D eigenvalue weighted by molar-refractivity contribution is 4.88. The van der Waals surface area contributed by atoms with E-state index in [1.807, 2.05) is 36.4 Å². The van der Waals surface area contributed by atoms with Crippen molar-refractivity contribution in [1.29, 1.82) is 0 Å². The van der Waals surface area contributed by atoms with Crippen molar-refractivity contribution in [2.45, 2.75) is 0 Å². The van der Waals surface area contributed by atoms with Crippen molar-refractivity contribution in [3.05, 3.63) is 86.0 Å². The van der Waals surface area contributed by atoms with Crippen molar-refractivity contribution in [2.24, 2.45) is 0 Å². The Morgan fingerprint density at radius 2 is 0.722 bits per heavy atom. The molecule has 0 aliphatic rings. The maximum absolute atomic E-state index is 3.78. The summed E-state index contributed by atoms with van der Waals surface area (Å²) >= 11 is 0. The summed E-state index contributed by atoms with van der Waals surface area (Å²) in [7, 11) is 0. The van der Waals surface area contributed by atoms with Gasteiger partial charge < -0.3 is 0 Å². The first-order valence-corrected chi connectivity index (χ1v) is 5.40. The van der Waals surface area contributed by atoms with Crippen LogP contribution in [-0.2, 0) is 0 Å². The van der Waals surface area contributed by atoms with Crippen LogP contribution >= 0.6 is 0 Å². The van der Waals surface area contributed by atoms with E-state index < -0.39 is 0 Å². The quantitative estimate of drug-likeness (QED) is 0.604. The molecule has 3 aromatic rings. The molecule has 18 heavy (non-hydrogen) atoms. The molecule has 0 amide bonds. The van der Waals surface area contributed by atoms with Crippen molar-refractivity contribution >= 4 is 0 Å². The first-order valence-electron chi connectivity index (χ1n) is 5.40. The van der Waals surface area contributed by atoms with Crippen LogP contribution in [0.3, 0.4) is 0 Å². The fourth-order valence-corrected chi connectivity index (χ4v) is 0.879. The number of hydrogen-bond acceptors (Lipinski definition) is 4. The van der Waals surface area contributed by atoms with Crippen LogP contribution in [0.15, 0.2) is 86.0 Å². The van der Waals surface area contributed by atoms with Crippen molar-refractivity contribution in [2.75, 3.05) is 0 Å². The average Bonchev–Trinajstić information content (AvgIpc) is 2.54. The van der Waals surface area contributed by atoms with Gasteiger partial charge in [0.05, 0.1) is 0 Å². The Bertz CT molecular complexity index is 305. The number of pyridine rings is 2. The van der Waals surface area contributed by atoms with E-state index in [-0.39, 0.29) is 0 Å². The topological polar surface area (TPSA) is 51.6 Å². The van der Waals surface area contributed by atoms with E-state index in [0.717, 1.165) is 0 Å². The predicted octanol–water partition coefficient (Wildman–Crippen LogP) is 2.64. The van der Waals surface area contributed by atoms with Gasteiger partial charge in [0, 0.05) is 37.2 Å². The Labute approximate surface area is 106 Å². The van der Waals surface area contributed by atoms with Gasteiger partial charge in [-0.3, -0.25) is 9.97 Å². The Morgan fingerprint density at radius 3 is 0.833 bits per heavy atom. The number of hydrogen-bond donors (Lipinski definition) is 0. The zero-order valence-electron chi connectivity index (χ0n) is 9.87. The molecule has 4 nitrogen and oxygen atoms in total.